The minimum atomic E-state index is -0.527. The van der Waals surface area contributed by atoms with Crippen LogP contribution in [0.15, 0.2) is 0 Å². The second-order valence-corrected chi connectivity index (χ2v) is 17.1. The number of carbonyl (C=O) groups excluding carboxylic acids is 2. The summed E-state index contributed by atoms with van der Waals surface area (Å²) < 4.78 is 23.2. The van der Waals surface area contributed by atoms with Gasteiger partial charge in [-0.15, -0.1) is 0 Å². The Kier molecular flexibility index (Phi) is 8.43. The lowest BCUT2D eigenvalue weighted by Crippen LogP contribution is -2.52. The van der Waals surface area contributed by atoms with E-state index in [4.69, 9.17) is 18.9 Å². The first-order valence-electron chi connectivity index (χ1n) is 17.7. The van der Waals surface area contributed by atoms with Crippen LogP contribution in [0.1, 0.15) is 112 Å². The van der Waals surface area contributed by atoms with Gasteiger partial charge in [0.15, 0.2) is 0 Å². The van der Waals surface area contributed by atoms with Crippen LogP contribution in [0.5, 0.6) is 0 Å². The van der Waals surface area contributed by atoms with Gasteiger partial charge in [-0.3, -0.25) is 4.79 Å². The third-order valence-corrected chi connectivity index (χ3v) is 14.7. The molecule has 44 heavy (non-hydrogen) atoms. The lowest BCUT2D eigenvalue weighted by atomic mass is 9.52. The SMILES string of the molecule is COC(=O)CCC1C[C@@H](C)C2C(O1)[C@H](O)C(C)(C)C2(C)CCC12CCC[C@H]3C(C)(C)C(OC(=O)N4CCOCC4)CCC31C2. The lowest BCUT2D eigenvalue weighted by Gasteiger charge is -2.54. The number of amides is 1. The molecular formula is C36H59NO7. The summed E-state index contributed by atoms with van der Waals surface area (Å²) in [5.41, 5.74) is 0.337. The summed E-state index contributed by atoms with van der Waals surface area (Å²) in [7, 11) is 1.43. The first-order chi connectivity index (χ1) is 20.7. The van der Waals surface area contributed by atoms with Crippen LogP contribution in [-0.2, 0) is 23.7 Å². The molecule has 0 radical (unpaired) electrons. The number of fused-ring (bicyclic) bond motifs is 1. The van der Waals surface area contributed by atoms with E-state index in [1.807, 2.05) is 4.90 Å². The average Bonchev–Trinajstić information content (AvgIpc) is 3.64. The highest BCUT2D eigenvalue weighted by Crippen LogP contribution is 2.82. The highest BCUT2D eigenvalue weighted by atomic mass is 16.6. The van der Waals surface area contributed by atoms with Crippen LogP contribution in [0.2, 0.25) is 0 Å². The number of aliphatic hydroxyl groups is 1. The number of hydrogen-bond donors (Lipinski definition) is 1. The number of nitrogens with zero attached hydrogens (tertiary/aromatic N) is 1. The van der Waals surface area contributed by atoms with Crippen LogP contribution in [0.3, 0.4) is 0 Å². The van der Waals surface area contributed by atoms with Gasteiger partial charge in [0, 0.05) is 24.9 Å². The molecule has 7 unspecified atom stereocenters. The molecule has 1 N–H and O–H groups in total. The van der Waals surface area contributed by atoms with E-state index in [0.717, 1.165) is 25.7 Å². The van der Waals surface area contributed by atoms with E-state index < -0.39 is 6.10 Å². The molecular weight excluding hydrogens is 558 g/mol. The van der Waals surface area contributed by atoms with Crippen molar-refractivity contribution in [2.24, 2.45) is 44.8 Å². The fraction of sp³-hybridized carbons (Fsp3) is 0.944. The predicted octanol–water partition coefficient (Wildman–Crippen LogP) is 6.37. The Morgan fingerprint density at radius 1 is 1.02 bits per heavy atom. The molecule has 1 amide bonds. The molecule has 0 aromatic rings. The normalized spacial score (nSPS) is 45.5. The number of rotatable bonds is 7. The van der Waals surface area contributed by atoms with Crippen molar-refractivity contribution in [3.8, 4) is 0 Å². The zero-order valence-electron chi connectivity index (χ0n) is 28.5. The summed E-state index contributed by atoms with van der Waals surface area (Å²) >= 11 is 0. The largest absolute Gasteiger partial charge is 0.469 e. The molecule has 6 fully saturated rings. The molecule has 8 nitrogen and oxygen atoms in total. The Morgan fingerprint density at radius 2 is 1.75 bits per heavy atom. The zero-order chi connectivity index (χ0) is 31.7. The van der Waals surface area contributed by atoms with Crippen molar-refractivity contribution in [3.63, 3.8) is 0 Å². The fourth-order valence-electron chi connectivity index (χ4n) is 11.8. The van der Waals surface area contributed by atoms with Crippen molar-refractivity contribution in [1.29, 1.82) is 0 Å². The number of methoxy groups -OCH3 is 1. The summed E-state index contributed by atoms with van der Waals surface area (Å²) in [6.07, 6.45) is 10.5. The molecule has 250 valence electrons. The Hall–Kier alpha value is -1.38. The molecule has 2 heterocycles. The van der Waals surface area contributed by atoms with Crippen LogP contribution >= 0.6 is 0 Å². The lowest BCUT2D eigenvalue weighted by molar-refractivity contribution is -0.152. The molecule has 8 heteroatoms. The average molecular weight is 618 g/mol. The first kappa shape index (κ1) is 32.6. The molecule has 0 aromatic carbocycles. The summed E-state index contributed by atoms with van der Waals surface area (Å²) in [5.74, 6) is 1.07. The summed E-state index contributed by atoms with van der Waals surface area (Å²) in [6.45, 7) is 16.4. The Balaban J connectivity index is 1.15. The van der Waals surface area contributed by atoms with Gasteiger partial charge in [-0.1, -0.05) is 48.0 Å². The Labute approximate surface area is 265 Å². The predicted molar refractivity (Wildman–Crippen MR) is 167 cm³/mol. The molecule has 6 rings (SSSR count). The number of hydrogen-bond acceptors (Lipinski definition) is 7. The third kappa shape index (κ3) is 4.94. The minimum absolute atomic E-state index is 0.0164. The van der Waals surface area contributed by atoms with Gasteiger partial charge in [0.2, 0.25) is 0 Å². The maximum atomic E-state index is 13.1. The summed E-state index contributed by atoms with van der Waals surface area (Å²) in [4.78, 5) is 26.7. The molecule has 1 spiro atoms. The molecule has 6 aliphatic rings. The Bertz CT molecular complexity index is 1100. The maximum absolute atomic E-state index is 13.1. The van der Waals surface area contributed by atoms with Gasteiger partial charge in [-0.2, -0.15) is 0 Å². The van der Waals surface area contributed by atoms with Gasteiger partial charge < -0.3 is 29.0 Å². The molecule has 10 atom stereocenters. The molecule has 4 aliphatic carbocycles. The van der Waals surface area contributed by atoms with Crippen LogP contribution in [-0.4, -0.2) is 79.9 Å². The highest BCUT2D eigenvalue weighted by molar-refractivity contribution is 5.69. The smallest absolute Gasteiger partial charge is 0.410 e. The van der Waals surface area contributed by atoms with Gasteiger partial charge >= 0.3 is 12.1 Å². The first-order valence-corrected chi connectivity index (χ1v) is 17.7. The van der Waals surface area contributed by atoms with Crippen molar-refractivity contribution in [2.45, 2.75) is 137 Å². The van der Waals surface area contributed by atoms with E-state index in [2.05, 4.69) is 41.5 Å². The number of aliphatic hydroxyl groups excluding tert-OH is 1. The van der Waals surface area contributed by atoms with E-state index in [1.165, 1.54) is 39.2 Å². The van der Waals surface area contributed by atoms with E-state index in [9.17, 15) is 14.7 Å². The molecule has 0 bridgehead atoms. The second kappa shape index (κ2) is 11.4. The molecule has 2 saturated heterocycles. The number of morpholine rings is 1. The minimum Gasteiger partial charge on any atom is -0.469 e. The molecule has 0 aromatic heterocycles. The summed E-state index contributed by atoms with van der Waals surface area (Å²) in [5, 5.41) is 11.7. The van der Waals surface area contributed by atoms with Gasteiger partial charge in [0.05, 0.1) is 38.6 Å². The standard InChI is InChI=1S/C36H59NO7/c1-23-21-24(10-11-27(38)41-7)43-29-28(23)34(6,33(4,5)30(29)39)15-16-35-13-8-9-25-32(2,3)26(12-14-36(25,35)22-35)44-31(40)37-17-19-42-20-18-37/h23-26,28-30,39H,8-22H2,1-7H3/t23-,24?,25+,26?,28?,29?,30+,34?,35?,36?/m1/s1. The van der Waals surface area contributed by atoms with Crippen molar-refractivity contribution < 1.29 is 33.6 Å². The van der Waals surface area contributed by atoms with E-state index in [-0.39, 0.29) is 46.6 Å². The second-order valence-electron chi connectivity index (χ2n) is 17.1. The van der Waals surface area contributed by atoms with Crippen molar-refractivity contribution in [2.75, 3.05) is 33.4 Å². The highest BCUT2D eigenvalue weighted by Gasteiger charge is 2.75. The zero-order valence-corrected chi connectivity index (χ0v) is 28.5. The summed E-state index contributed by atoms with van der Waals surface area (Å²) in [6, 6.07) is 0. The van der Waals surface area contributed by atoms with Crippen molar-refractivity contribution >= 4 is 12.1 Å². The maximum Gasteiger partial charge on any atom is 0.410 e. The van der Waals surface area contributed by atoms with Gasteiger partial charge in [-0.05, 0) is 97.2 Å². The van der Waals surface area contributed by atoms with Crippen molar-refractivity contribution in [1.82, 2.24) is 4.90 Å². The van der Waals surface area contributed by atoms with Gasteiger partial charge in [0.25, 0.3) is 0 Å². The van der Waals surface area contributed by atoms with Crippen LogP contribution < -0.4 is 0 Å². The van der Waals surface area contributed by atoms with Crippen LogP contribution in [0.4, 0.5) is 4.79 Å². The van der Waals surface area contributed by atoms with Crippen molar-refractivity contribution in [3.05, 3.63) is 0 Å². The van der Waals surface area contributed by atoms with E-state index >= 15 is 0 Å². The molecule has 4 saturated carbocycles. The van der Waals surface area contributed by atoms with Gasteiger partial charge in [0.1, 0.15) is 6.10 Å². The van der Waals surface area contributed by atoms with Crippen LogP contribution in [0.25, 0.3) is 0 Å². The fourth-order valence-corrected chi connectivity index (χ4v) is 11.8. The molecule has 2 aliphatic heterocycles. The number of ether oxygens (including phenoxy) is 4. The quantitative estimate of drug-likeness (QED) is 0.332. The topological polar surface area (TPSA) is 94.5 Å². The van der Waals surface area contributed by atoms with E-state index in [0.29, 0.717) is 67.7 Å². The third-order valence-electron chi connectivity index (χ3n) is 14.7. The monoisotopic (exact) mass is 617 g/mol. The number of carbonyl (C=O) groups is 2. The Morgan fingerprint density at radius 3 is 2.45 bits per heavy atom. The van der Waals surface area contributed by atoms with Crippen LogP contribution in [0, 0.1) is 44.8 Å². The van der Waals surface area contributed by atoms with E-state index in [1.54, 1.807) is 0 Å². The number of esters is 1. The van der Waals surface area contributed by atoms with Gasteiger partial charge in [-0.25, -0.2) is 4.79 Å².